The molecule has 7 heteroatoms. The molecule has 0 amide bonds. The highest BCUT2D eigenvalue weighted by Crippen LogP contribution is 2.39. The van der Waals surface area contributed by atoms with Gasteiger partial charge in [0.25, 0.3) is 0 Å². The van der Waals surface area contributed by atoms with E-state index in [0.29, 0.717) is 24.6 Å². The summed E-state index contributed by atoms with van der Waals surface area (Å²) in [5.41, 5.74) is 16.9. The molecule has 1 aliphatic rings. The summed E-state index contributed by atoms with van der Waals surface area (Å²) in [6, 6.07) is 18.9. The predicted molar refractivity (Wildman–Crippen MR) is 156 cm³/mol. The highest BCUT2D eigenvalue weighted by atomic mass is 15.2. The first-order chi connectivity index (χ1) is 18.5. The number of nitrogens with two attached hydrogens (primary N) is 1. The number of para-hydroxylation sites is 1. The highest BCUT2D eigenvalue weighted by molar-refractivity contribution is 5.93. The van der Waals surface area contributed by atoms with E-state index in [4.69, 9.17) is 5.73 Å². The number of nitrogens with zero attached hydrogens (tertiary/aromatic N) is 4. The molecule has 4 N–H and O–H groups in total. The molecule has 0 aliphatic carbocycles. The third-order valence-corrected chi connectivity index (χ3v) is 7.08. The van der Waals surface area contributed by atoms with Crippen molar-refractivity contribution in [3.63, 3.8) is 0 Å². The number of H-pyrrole nitrogens is 1. The van der Waals surface area contributed by atoms with Gasteiger partial charge in [-0.2, -0.15) is 0 Å². The van der Waals surface area contributed by atoms with E-state index in [0.717, 1.165) is 44.8 Å². The molecule has 7 nitrogen and oxygen atoms in total. The van der Waals surface area contributed by atoms with Gasteiger partial charge in [-0.25, -0.2) is 15.0 Å². The van der Waals surface area contributed by atoms with Crippen molar-refractivity contribution in [2.45, 2.75) is 20.3 Å². The molecule has 188 valence electrons. The maximum absolute atomic E-state index is 6.35. The van der Waals surface area contributed by atoms with Crippen LogP contribution in [0.3, 0.4) is 0 Å². The van der Waals surface area contributed by atoms with Gasteiger partial charge >= 0.3 is 0 Å². The Morgan fingerprint density at radius 1 is 1.00 bits per heavy atom. The molecule has 4 heterocycles. The van der Waals surface area contributed by atoms with Crippen molar-refractivity contribution in [2.24, 2.45) is 0 Å². The molecule has 6 rings (SSSR count). The smallest absolute Gasteiger partial charge is 0.137 e. The van der Waals surface area contributed by atoms with Crippen LogP contribution in [0.2, 0.25) is 0 Å². The van der Waals surface area contributed by atoms with Crippen LogP contribution in [-0.4, -0.2) is 26.5 Å². The molecule has 2 aromatic carbocycles. The lowest BCUT2D eigenvalue weighted by Gasteiger charge is -2.35. The first kappa shape index (κ1) is 23.5. The largest absolute Gasteiger partial charge is 0.383 e. The molecule has 5 aromatic rings. The van der Waals surface area contributed by atoms with Crippen LogP contribution in [0.1, 0.15) is 33.4 Å². The van der Waals surface area contributed by atoms with Gasteiger partial charge in [0.2, 0.25) is 0 Å². The standard InChI is InChI=1S/C31H29N7/c1-19-7-4-5-10-27(19)38-21(3)28-20(2)8-6-9-23(28)15-25(38)17-35-31-26(29(32)36-18-37-31)14-22-13-24-11-12-33-30(24)34-16-22/h4-13,15-16,18H,3,14,17H2,1-2H3,(H,33,34)(H3,32,35,36,37). The summed E-state index contributed by atoms with van der Waals surface area (Å²) < 4.78 is 0. The summed E-state index contributed by atoms with van der Waals surface area (Å²) in [5.74, 6) is 1.16. The second-order valence-corrected chi connectivity index (χ2v) is 9.62. The van der Waals surface area contributed by atoms with Gasteiger partial charge in [-0.15, -0.1) is 0 Å². The number of hydrogen-bond donors (Lipinski definition) is 3. The number of nitrogens with one attached hydrogen (secondary N) is 2. The van der Waals surface area contributed by atoms with Crippen LogP contribution in [0.15, 0.2) is 85.6 Å². The zero-order chi connectivity index (χ0) is 26.2. The van der Waals surface area contributed by atoms with Crippen LogP contribution < -0.4 is 16.0 Å². The number of aromatic nitrogens is 4. The molecular formula is C31H29N7. The Balaban J connectivity index is 1.35. The molecule has 0 saturated carbocycles. The number of aromatic amines is 1. The van der Waals surface area contributed by atoms with Crippen molar-refractivity contribution in [3.8, 4) is 0 Å². The van der Waals surface area contributed by atoms with Crippen LogP contribution in [0, 0.1) is 13.8 Å². The highest BCUT2D eigenvalue weighted by Gasteiger charge is 2.26. The fraction of sp³-hybridized carbons (Fsp3) is 0.129. The monoisotopic (exact) mass is 499 g/mol. The number of hydrogen-bond acceptors (Lipinski definition) is 6. The van der Waals surface area contributed by atoms with E-state index in [9.17, 15) is 0 Å². The minimum atomic E-state index is 0.454. The Morgan fingerprint density at radius 2 is 1.84 bits per heavy atom. The van der Waals surface area contributed by atoms with E-state index in [1.807, 2.05) is 18.5 Å². The fourth-order valence-electron chi connectivity index (χ4n) is 5.19. The molecular weight excluding hydrogens is 470 g/mol. The quantitative estimate of drug-likeness (QED) is 0.262. The van der Waals surface area contributed by atoms with Gasteiger partial charge in [-0.3, -0.25) is 0 Å². The minimum absolute atomic E-state index is 0.454. The van der Waals surface area contributed by atoms with Gasteiger partial charge in [0, 0.05) is 52.4 Å². The van der Waals surface area contributed by atoms with Gasteiger partial charge < -0.3 is 20.9 Å². The van der Waals surface area contributed by atoms with Crippen molar-refractivity contribution in [1.82, 2.24) is 19.9 Å². The average Bonchev–Trinajstić information content (AvgIpc) is 3.38. The molecule has 0 unspecified atom stereocenters. The van der Waals surface area contributed by atoms with E-state index in [1.165, 1.54) is 23.0 Å². The van der Waals surface area contributed by atoms with Gasteiger partial charge in [0.05, 0.1) is 6.54 Å². The topological polar surface area (TPSA) is 95.7 Å². The Morgan fingerprint density at radius 3 is 2.71 bits per heavy atom. The van der Waals surface area contributed by atoms with Crippen LogP contribution in [0.5, 0.6) is 0 Å². The molecule has 0 fully saturated rings. The molecule has 0 saturated heterocycles. The number of aryl methyl sites for hydroxylation is 2. The van der Waals surface area contributed by atoms with E-state index in [-0.39, 0.29) is 0 Å². The maximum atomic E-state index is 6.35. The Labute approximate surface area is 221 Å². The summed E-state index contributed by atoms with van der Waals surface area (Å²) in [6.45, 7) is 9.31. The molecule has 0 atom stereocenters. The normalized spacial score (nSPS) is 12.9. The Bertz CT molecular complexity index is 1710. The maximum Gasteiger partial charge on any atom is 0.137 e. The lowest BCUT2D eigenvalue weighted by atomic mass is 9.93. The zero-order valence-electron chi connectivity index (χ0n) is 21.5. The van der Waals surface area contributed by atoms with Gasteiger partial charge in [0.15, 0.2) is 0 Å². The predicted octanol–water partition coefficient (Wildman–Crippen LogP) is 6.09. The van der Waals surface area contributed by atoms with Crippen LogP contribution >= 0.6 is 0 Å². The number of fused-ring (bicyclic) bond motifs is 2. The summed E-state index contributed by atoms with van der Waals surface area (Å²) in [6.07, 6.45) is 8.05. The molecule has 1 aliphatic heterocycles. The van der Waals surface area contributed by atoms with Crippen molar-refractivity contribution >= 4 is 40.1 Å². The summed E-state index contributed by atoms with van der Waals surface area (Å²) in [4.78, 5) is 18.7. The van der Waals surface area contributed by atoms with E-state index < -0.39 is 0 Å². The van der Waals surface area contributed by atoms with E-state index in [1.54, 1.807) is 0 Å². The number of benzene rings is 2. The Kier molecular flexibility index (Phi) is 5.88. The number of anilines is 3. The summed E-state index contributed by atoms with van der Waals surface area (Å²) in [7, 11) is 0. The van der Waals surface area contributed by atoms with Crippen LogP contribution in [-0.2, 0) is 6.42 Å². The van der Waals surface area contributed by atoms with Crippen molar-refractivity contribution in [3.05, 3.63) is 119 Å². The fourth-order valence-corrected chi connectivity index (χ4v) is 5.19. The lowest BCUT2D eigenvalue weighted by Crippen LogP contribution is -2.29. The second kappa shape index (κ2) is 9.52. The Hall–Kier alpha value is -4.91. The second-order valence-electron chi connectivity index (χ2n) is 9.62. The molecule has 38 heavy (non-hydrogen) atoms. The van der Waals surface area contributed by atoms with Crippen LogP contribution in [0.4, 0.5) is 17.3 Å². The van der Waals surface area contributed by atoms with Gasteiger partial charge in [0.1, 0.15) is 23.6 Å². The van der Waals surface area contributed by atoms with E-state index >= 15 is 0 Å². The van der Waals surface area contributed by atoms with E-state index in [2.05, 4.69) is 105 Å². The minimum Gasteiger partial charge on any atom is -0.383 e. The lowest BCUT2D eigenvalue weighted by molar-refractivity contribution is 1.03. The van der Waals surface area contributed by atoms with Gasteiger partial charge in [-0.1, -0.05) is 43.0 Å². The number of rotatable bonds is 6. The number of pyridine rings is 1. The number of nitrogen functional groups attached to an aromatic ring is 1. The zero-order valence-corrected chi connectivity index (χ0v) is 21.5. The summed E-state index contributed by atoms with van der Waals surface area (Å²) in [5, 5.41) is 4.61. The van der Waals surface area contributed by atoms with Crippen molar-refractivity contribution in [2.75, 3.05) is 22.5 Å². The summed E-state index contributed by atoms with van der Waals surface area (Å²) >= 11 is 0. The SMILES string of the molecule is C=C1c2c(C)cccc2C=C(CNc2ncnc(N)c2Cc2cnc3[nH]ccc3c2)N1c1ccccc1C. The molecule has 0 radical (unpaired) electrons. The third-order valence-electron chi connectivity index (χ3n) is 7.08. The van der Waals surface area contributed by atoms with Crippen molar-refractivity contribution in [1.29, 1.82) is 0 Å². The molecule has 0 bridgehead atoms. The first-order valence-corrected chi connectivity index (χ1v) is 12.6. The van der Waals surface area contributed by atoms with Gasteiger partial charge in [-0.05, 0) is 60.4 Å². The molecule has 3 aromatic heterocycles. The van der Waals surface area contributed by atoms with Crippen LogP contribution in [0.25, 0.3) is 22.8 Å². The first-order valence-electron chi connectivity index (χ1n) is 12.6. The molecule has 0 spiro atoms. The third kappa shape index (κ3) is 4.18. The van der Waals surface area contributed by atoms with Crippen molar-refractivity contribution < 1.29 is 0 Å². The average molecular weight is 500 g/mol.